The summed E-state index contributed by atoms with van der Waals surface area (Å²) in [5, 5.41) is 2.41. The Hall–Kier alpha value is -1.08. The minimum Gasteiger partial charge on any atom is -0.336 e. The maximum Gasteiger partial charge on any atom is 0.109 e. The van der Waals surface area contributed by atoms with E-state index in [0.29, 0.717) is 6.04 Å². The highest BCUT2D eigenvalue weighted by Gasteiger charge is 2.23. The lowest BCUT2D eigenvalue weighted by Crippen LogP contribution is -2.95. The summed E-state index contributed by atoms with van der Waals surface area (Å²) in [6.45, 7) is 10.6. The molecule has 1 nitrogen and oxygen atoms in total. The van der Waals surface area contributed by atoms with E-state index in [-0.39, 0.29) is 5.54 Å². The Morgan fingerprint density at radius 2 is 1.93 bits per heavy atom. The molecule has 1 aromatic carbocycles. The molecular formula is C14H22N+. The molecule has 0 aromatic heterocycles. The van der Waals surface area contributed by atoms with Gasteiger partial charge in [0.1, 0.15) is 6.04 Å². The normalized spacial score (nSPS) is 13.5. The van der Waals surface area contributed by atoms with Crippen LogP contribution >= 0.6 is 0 Å². The third-order valence-corrected chi connectivity index (χ3v) is 2.70. The van der Waals surface area contributed by atoms with Crippen molar-refractivity contribution in [1.29, 1.82) is 0 Å². The zero-order chi connectivity index (χ0) is 11.3. The van der Waals surface area contributed by atoms with Crippen LogP contribution in [0.4, 0.5) is 0 Å². The maximum atomic E-state index is 3.81. The minimum absolute atomic E-state index is 0.233. The first kappa shape index (κ1) is 12.0. The Kier molecular flexibility index (Phi) is 4.10. The molecule has 0 bridgehead atoms. The summed E-state index contributed by atoms with van der Waals surface area (Å²) < 4.78 is 0. The van der Waals surface area contributed by atoms with Gasteiger partial charge in [-0.3, -0.25) is 0 Å². The molecule has 0 aliphatic carbocycles. The third-order valence-electron chi connectivity index (χ3n) is 2.70. The standard InChI is InChI=1S/C14H21N/c1-5-11-14(3,4)15-12(2)13-9-7-6-8-10-13/h5-10,12,15H,1,11H2,2-4H3/p+1/t12-/m0/s1. The monoisotopic (exact) mass is 204 g/mol. The fourth-order valence-electron chi connectivity index (χ4n) is 1.97. The fraction of sp³-hybridized carbons (Fsp3) is 0.429. The molecule has 0 unspecified atom stereocenters. The van der Waals surface area contributed by atoms with Crippen LogP contribution in [-0.4, -0.2) is 5.54 Å². The second-order valence-electron chi connectivity index (χ2n) is 4.85. The molecule has 1 atom stereocenters. The van der Waals surface area contributed by atoms with E-state index < -0.39 is 0 Å². The first-order valence-corrected chi connectivity index (χ1v) is 5.57. The topological polar surface area (TPSA) is 16.6 Å². The van der Waals surface area contributed by atoms with E-state index in [4.69, 9.17) is 0 Å². The number of benzene rings is 1. The number of hydrogen-bond donors (Lipinski definition) is 1. The van der Waals surface area contributed by atoms with Gasteiger partial charge in [-0.2, -0.15) is 0 Å². The molecule has 15 heavy (non-hydrogen) atoms. The average Bonchev–Trinajstić information content (AvgIpc) is 2.18. The van der Waals surface area contributed by atoms with E-state index in [1.165, 1.54) is 5.56 Å². The van der Waals surface area contributed by atoms with E-state index in [0.717, 1.165) is 6.42 Å². The molecule has 0 saturated carbocycles. The molecule has 1 heteroatoms. The van der Waals surface area contributed by atoms with Gasteiger partial charge in [-0.25, -0.2) is 0 Å². The molecule has 0 amide bonds. The SMILES string of the molecule is C=CCC(C)(C)[NH2+][C@@H](C)c1ccccc1. The van der Waals surface area contributed by atoms with Crippen LogP contribution in [0.15, 0.2) is 43.0 Å². The highest BCUT2D eigenvalue weighted by atomic mass is 15.0. The largest absolute Gasteiger partial charge is 0.336 e. The third kappa shape index (κ3) is 3.88. The molecule has 0 radical (unpaired) electrons. The molecular weight excluding hydrogens is 182 g/mol. The zero-order valence-corrected chi connectivity index (χ0v) is 10.0. The minimum atomic E-state index is 0.233. The van der Waals surface area contributed by atoms with Crippen LogP contribution in [-0.2, 0) is 0 Å². The number of nitrogens with two attached hydrogens (primary N) is 1. The molecule has 0 heterocycles. The van der Waals surface area contributed by atoms with Crippen molar-refractivity contribution in [3.8, 4) is 0 Å². The van der Waals surface area contributed by atoms with Crippen LogP contribution < -0.4 is 5.32 Å². The van der Waals surface area contributed by atoms with Gasteiger partial charge in [-0.1, -0.05) is 36.4 Å². The molecule has 0 aliphatic heterocycles. The lowest BCUT2D eigenvalue weighted by Gasteiger charge is -2.25. The summed E-state index contributed by atoms with van der Waals surface area (Å²) >= 11 is 0. The highest BCUT2D eigenvalue weighted by Crippen LogP contribution is 2.10. The van der Waals surface area contributed by atoms with Crippen molar-refractivity contribution < 1.29 is 5.32 Å². The van der Waals surface area contributed by atoms with E-state index >= 15 is 0 Å². The van der Waals surface area contributed by atoms with Crippen LogP contribution in [0.25, 0.3) is 0 Å². The lowest BCUT2D eigenvalue weighted by atomic mass is 9.97. The first-order chi connectivity index (χ1) is 7.05. The van der Waals surface area contributed by atoms with Gasteiger partial charge >= 0.3 is 0 Å². The average molecular weight is 204 g/mol. The van der Waals surface area contributed by atoms with E-state index in [1.807, 2.05) is 6.08 Å². The second kappa shape index (κ2) is 5.13. The zero-order valence-electron chi connectivity index (χ0n) is 10.0. The Labute approximate surface area is 93.2 Å². The molecule has 0 fully saturated rings. The summed E-state index contributed by atoms with van der Waals surface area (Å²) in [5.41, 5.74) is 1.62. The number of quaternary nitrogens is 1. The van der Waals surface area contributed by atoms with Crippen molar-refractivity contribution in [1.82, 2.24) is 0 Å². The van der Waals surface area contributed by atoms with Gasteiger partial charge in [0, 0.05) is 12.0 Å². The van der Waals surface area contributed by atoms with Gasteiger partial charge in [0.2, 0.25) is 0 Å². The van der Waals surface area contributed by atoms with Crippen LogP contribution in [0.5, 0.6) is 0 Å². The van der Waals surface area contributed by atoms with E-state index in [9.17, 15) is 0 Å². The number of hydrogen-bond acceptors (Lipinski definition) is 0. The van der Waals surface area contributed by atoms with E-state index in [1.54, 1.807) is 0 Å². The quantitative estimate of drug-likeness (QED) is 0.710. The lowest BCUT2D eigenvalue weighted by molar-refractivity contribution is -0.753. The molecule has 1 rings (SSSR count). The molecule has 0 spiro atoms. The summed E-state index contributed by atoms with van der Waals surface area (Å²) in [6, 6.07) is 11.1. The Morgan fingerprint density at radius 1 is 1.33 bits per heavy atom. The molecule has 82 valence electrons. The second-order valence-corrected chi connectivity index (χ2v) is 4.85. The van der Waals surface area contributed by atoms with Crippen molar-refractivity contribution in [3.05, 3.63) is 48.6 Å². The molecule has 0 aliphatic rings. The first-order valence-electron chi connectivity index (χ1n) is 5.57. The van der Waals surface area contributed by atoms with Gasteiger partial charge in [0.05, 0.1) is 5.54 Å². The summed E-state index contributed by atoms with van der Waals surface area (Å²) in [5.74, 6) is 0. The van der Waals surface area contributed by atoms with Gasteiger partial charge in [-0.15, -0.1) is 6.58 Å². The summed E-state index contributed by atoms with van der Waals surface area (Å²) in [6.07, 6.45) is 3.03. The highest BCUT2D eigenvalue weighted by molar-refractivity contribution is 5.16. The van der Waals surface area contributed by atoms with Crippen molar-refractivity contribution >= 4 is 0 Å². The van der Waals surface area contributed by atoms with Gasteiger partial charge in [0.15, 0.2) is 0 Å². The van der Waals surface area contributed by atoms with Crippen molar-refractivity contribution in [2.24, 2.45) is 0 Å². The van der Waals surface area contributed by atoms with Crippen LogP contribution in [0.2, 0.25) is 0 Å². The van der Waals surface area contributed by atoms with Crippen LogP contribution in [0.3, 0.4) is 0 Å². The van der Waals surface area contributed by atoms with Crippen molar-refractivity contribution in [2.75, 3.05) is 0 Å². The van der Waals surface area contributed by atoms with Gasteiger partial charge in [0.25, 0.3) is 0 Å². The van der Waals surface area contributed by atoms with Gasteiger partial charge in [-0.05, 0) is 20.8 Å². The molecule has 2 N–H and O–H groups in total. The Morgan fingerprint density at radius 3 is 2.47 bits per heavy atom. The van der Waals surface area contributed by atoms with Crippen LogP contribution in [0, 0.1) is 0 Å². The molecule has 1 aromatic rings. The van der Waals surface area contributed by atoms with Crippen molar-refractivity contribution in [3.63, 3.8) is 0 Å². The van der Waals surface area contributed by atoms with Gasteiger partial charge < -0.3 is 5.32 Å². The fourth-order valence-corrected chi connectivity index (χ4v) is 1.97. The summed E-state index contributed by atoms with van der Waals surface area (Å²) in [4.78, 5) is 0. The summed E-state index contributed by atoms with van der Waals surface area (Å²) in [7, 11) is 0. The van der Waals surface area contributed by atoms with E-state index in [2.05, 4.69) is 63.0 Å². The Bertz CT molecular complexity index is 300. The predicted octanol–water partition coefficient (Wildman–Crippen LogP) is 2.67. The number of rotatable bonds is 5. The Balaban J connectivity index is 2.63. The predicted molar refractivity (Wildman–Crippen MR) is 65.7 cm³/mol. The molecule has 0 saturated heterocycles. The maximum absolute atomic E-state index is 3.81. The van der Waals surface area contributed by atoms with Crippen LogP contribution in [0.1, 0.15) is 38.8 Å². The smallest absolute Gasteiger partial charge is 0.109 e. The van der Waals surface area contributed by atoms with Crippen molar-refractivity contribution in [2.45, 2.75) is 38.8 Å².